The van der Waals surface area contributed by atoms with Crippen LogP contribution in [-0.4, -0.2) is 51.5 Å². The summed E-state index contributed by atoms with van der Waals surface area (Å²) in [6.45, 7) is 4.87. The first-order chi connectivity index (χ1) is 13.9. The monoisotopic (exact) mass is 404 g/mol. The largest absolute Gasteiger partial charge is 0.470 e. The van der Waals surface area contributed by atoms with Crippen LogP contribution in [0.1, 0.15) is 17.3 Å². The summed E-state index contributed by atoms with van der Waals surface area (Å²) in [6.07, 6.45) is -4.62. The van der Waals surface area contributed by atoms with Crippen LogP contribution in [0.15, 0.2) is 40.8 Å². The Morgan fingerprint density at radius 3 is 2.31 bits per heavy atom. The minimum Gasteiger partial charge on any atom is -0.416 e. The number of alkyl halides is 3. The van der Waals surface area contributed by atoms with Gasteiger partial charge in [0.05, 0.1) is 12.2 Å². The molecule has 1 fully saturated rings. The van der Waals surface area contributed by atoms with Crippen molar-refractivity contribution in [2.24, 2.45) is 0 Å². The van der Waals surface area contributed by atoms with Gasteiger partial charge in [-0.1, -0.05) is 24.3 Å². The van der Waals surface area contributed by atoms with Gasteiger partial charge in [0.15, 0.2) is 5.82 Å². The molecule has 0 aliphatic carbocycles. The Hall–Kier alpha value is -3.01. The zero-order valence-corrected chi connectivity index (χ0v) is 15.7. The normalized spacial score (nSPS) is 15.7. The van der Waals surface area contributed by atoms with Crippen molar-refractivity contribution in [1.82, 2.24) is 25.3 Å². The molecule has 1 aromatic carbocycles. The Kier molecular flexibility index (Phi) is 5.18. The van der Waals surface area contributed by atoms with E-state index in [1.54, 1.807) is 0 Å². The number of halogens is 3. The highest BCUT2D eigenvalue weighted by Gasteiger charge is 2.38. The van der Waals surface area contributed by atoms with E-state index in [-0.39, 0.29) is 12.4 Å². The molecule has 0 saturated carbocycles. The number of nitrogens with zero attached hydrogens (tertiary/aromatic N) is 6. The van der Waals surface area contributed by atoms with Crippen LogP contribution in [0.3, 0.4) is 0 Å². The molecule has 3 heterocycles. The van der Waals surface area contributed by atoms with E-state index in [1.807, 2.05) is 48.2 Å². The minimum atomic E-state index is -4.62. The van der Waals surface area contributed by atoms with E-state index in [1.165, 1.54) is 0 Å². The van der Waals surface area contributed by atoms with Gasteiger partial charge in [-0.25, -0.2) is 0 Å². The molecule has 1 aliphatic rings. The zero-order valence-electron chi connectivity index (χ0n) is 15.7. The van der Waals surface area contributed by atoms with Crippen molar-refractivity contribution >= 4 is 5.82 Å². The van der Waals surface area contributed by atoms with Crippen molar-refractivity contribution in [3.63, 3.8) is 0 Å². The number of aryl methyl sites for hydroxylation is 1. The molecule has 0 radical (unpaired) electrons. The average molecular weight is 404 g/mol. The van der Waals surface area contributed by atoms with Crippen LogP contribution in [0.25, 0.3) is 11.3 Å². The van der Waals surface area contributed by atoms with Crippen molar-refractivity contribution in [1.29, 1.82) is 0 Å². The number of piperazine rings is 1. The standard InChI is InChI=1S/C19H19F3N6O/c1-13-4-2-3-5-14(13)15-6-7-16(24-23-15)28-10-8-27(9-11-28)12-17-25-26-18(29-17)19(20,21)22/h2-7H,8-12H2,1H3. The molecule has 4 rings (SSSR count). The molecule has 10 heteroatoms. The van der Waals surface area contributed by atoms with Gasteiger partial charge < -0.3 is 9.32 Å². The molecular weight excluding hydrogens is 385 g/mol. The lowest BCUT2D eigenvalue weighted by Gasteiger charge is -2.34. The number of rotatable bonds is 4. The SMILES string of the molecule is Cc1ccccc1-c1ccc(N2CCN(Cc3nnc(C(F)(F)F)o3)CC2)nn1. The summed E-state index contributed by atoms with van der Waals surface area (Å²) in [4.78, 5) is 4.07. The average Bonchev–Trinajstić information content (AvgIpc) is 3.18. The molecule has 0 unspecified atom stereocenters. The molecule has 2 aromatic heterocycles. The lowest BCUT2D eigenvalue weighted by Crippen LogP contribution is -2.46. The number of hydrogen-bond donors (Lipinski definition) is 0. The summed E-state index contributed by atoms with van der Waals surface area (Å²) in [7, 11) is 0. The number of aromatic nitrogens is 4. The molecule has 1 aliphatic heterocycles. The van der Waals surface area contributed by atoms with Crippen LogP contribution in [0.2, 0.25) is 0 Å². The second-order valence-corrected chi connectivity index (χ2v) is 6.85. The maximum atomic E-state index is 12.5. The third kappa shape index (κ3) is 4.37. The third-order valence-corrected chi connectivity index (χ3v) is 4.84. The van der Waals surface area contributed by atoms with Gasteiger partial charge in [0, 0.05) is 31.7 Å². The van der Waals surface area contributed by atoms with Crippen molar-refractivity contribution in [3.05, 3.63) is 53.7 Å². The summed E-state index contributed by atoms with van der Waals surface area (Å²) in [5.74, 6) is -0.567. The number of hydrogen-bond acceptors (Lipinski definition) is 7. The third-order valence-electron chi connectivity index (χ3n) is 4.84. The molecule has 0 bridgehead atoms. The maximum Gasteiger partial charge on any atom is 0.470 e. The molecule has 0 atom stereocenters. The van der Waals surface area contributed by atoms with Crippen molar-refractivity contribution in [2.75, 3.05) is 31.1 Å². The Labute approximate surface area is 165 Å². The molecular formula is C19H19F3N6O. The van der Waals surface area contributed by atoms with E-state index in [2.05, 4.69) is 25.3 Å². The molecule has 0 spiro atoms. The smallest absolute Gasteiger partial charge is 0.416 e. The van der Waals surface area contributed by atoms with Crippen molar-refractivity contribution in [3.8, 4) is 11.3 Å². The second-order valence-electron chi connectivity index (χ2n) is 6.85. The summed E-state index contributed by atoms with van der Waals surface area (Å²) >= 11 is 0. The van der Waals surface area contributed by atoms with Crippen LogP contribution < -0.4 is 4.90 Å². The van der Waals surface area contributed by atoms with E-state index in [9.17, 15) is 13.2 Å². The zero-order chi connectivity index (χ0) is 20.4. The fourth-order valence-corrected chi connectivity index (χ4v) is 3.26. The minimum absolute atomic E-state index is 0.0341. The number of benzene rings is 1. The van der Waals surface area contributed by atoms with Gasteiger partial charge in [-0.2, -0.15) is 13.2 Å². The van der Waals surface area contributed by atoms with Gasteiger partial charge in [-0.05, 0) is 24.6 Å². The van der Waals surface area contributed by atoms with Crippen LogP contribution >= 0.6 is 0 Å². The number of anilines is 1. The Bertz CT molecular complexity index is 965. The lowest BCUT2D eigenvalue weighted by molar-refractivity contribution is -0.157. The maximum absolute atomic E-state index is 12.5. The Balaban J connectivity index is 1.35. The van der Waals surface area contributed by atoms with Crippen molar-refractivity contribution in [2.45, 2.75) is 19.6 Å². The molecule has 7 nitrogen and oxygen atoms in total. The Morgan fingerprint density at radius 1 is 0.931 bits per heavy atom. The van der Waals surface area contributed by atoms with Crippen LogP contribution in [0, 0.1) is 6.92 Å². The summed E-state index contributed by atoms with van der Waals surface area (Å²) in [6, 6.07) is 11.9. The highest BCUT2D eigenvalue weighted by molar-refractivity contribution is 5.63. The molecule has 152 valence electrons. The quantitative estimate of drug-likeness (QED) is 0.661. The Morgan fingerprint density at radius 2 is 1.69 bits per heavy atom. The van der Waals surface area contributed by atoms with E-state index in [0.29, 0.717) is 26.2 Å². The lowest BCUT2D eigenvalue weighted by atomic mass is 10.1. The van der Waals surface area contributed by atoms with Crippen LogP contribution in [0.4, 0.5) is 19.0 Å². The van der Waals surface area contributed by atoms with E-state index < -0.39 is 12.1 Å². The highest BCUT2D eigenvalue weighted by atomic mass is 19.4. The first-order valence-electron chi connectivity index (χ1n) is 9.17. The highest BCUT2D eigenvalue weighted by Crippen LogP contribution is 2.28. The molecule has 0 amide bonds. The fraction of sp³-hybridized carbons (Fsp3) is 0.368. The summed E-state index contributed by atoms with van der Waals surface area (Å²) < 4.78 is 42.3. The fourth-order valence-electron chi connectivity index (χ4n) is 3.26. The topological polar surface area (TPSA) is 71.2 Å². The van der Waals surface area contributed by atoms with Gasteiger partial charge in [-0.15, -0.1) is 20.4 Å². The first kappa shape index (κ1) is 19.3. The van der Waals surface area contributed by atoms with Gasteiger partial charge in [0.2, 0.25) is 5.89 Å². The predicted octanol–water partition coefficient (Wildman–Crippen LogP) is 3.18. The van der Waals surface area contributed by atoms with E-state index >= 15 is 0 Å². The molecule has 1 saturated heterocycles. The molecule has 0 N–H and O–H groups in total. The summed E-state index contributed by atoms with van der Waals surface area (Å²) in [5, 5.41) is 15.2. The van der Waals surface area contributed by atoms with E-state index in [0.717, 1.165) is 22.6 Å². The predicted molar refractivity (Wildman–Crippen MR) is 99.0 cm³/mol. The molecule has 29 heavy (non-hydrogen) atoms. The molecule has 3 aromatic rings. The van der Waals surface area contributed by atoms with Crippen molar-refractivity contribution < 1.29 is 17.6 Å². The van der Waals surface area contributed by atoms with Gasteiger partial charge in [-0.3, -0.25) is 4.90 Å². The van der Waals surface area contributed by atoms with Gasteiger partial charge >= 0.3 is 12.1 Å². The summed E-state index contributed by atoms with van der Waals surface area (Å²) in [5.41, 5.74) is 3.01. The van der Waals surface area contributed by atoms with Crippen LogP contribution in [-0.2, 0) is 12.7 Å². The van der Waals surface area contributed by atoms with Crippen LogP contribution in [0.5, 0.6) is 0 Å². The van der Waals surface area contributed by atoms with Gasteiger partial charge in [0.1, 0.15) is 0 Å². The van der Waals surface area contributed by atoms with E-state index in [4.69, 9.17) is 4.42 Å². The van der Waals surface area contributed by atoms with Gasteiger partial charge in [0.25, 0.3) is 0 Å². The second kappa shape index (κ2) is 7.78. The first-order valence-corrected chi connectivity index (χ1v) is 9.17.